The number of ether oxygens (including phenoxy) is 2. The van der Waals surface area contributed by atoms with Gasteiger partial charge in [0, 0.05) is 11.1 Å². The molecule has 0 bridgehead atoms. The number of hydrogen-bond acceptors (Lipinski definition) is 3. The van der Waals surface area contributed by atoms with Crippen LogP contribution in [0.5, 0.6) is 17.2 Å². The molecule has 0 aliphatic heterocycles. The molecule has 1 saturated carbocycles. The van der Waals surface area contributed by atoms with Gasteiger partial charge in [-0.1, -0.05) is 24.6 Å². The second-order valence-electron chi connectivity index (χ2n) is 8.29. The number of rotatable bonds is 6. The zero-order chi connectivity index (χ0) is 20.9. The molecule has 0 radical (unpaired) electrons. The second kappa shape index (κ2) is 9.17. The van der Waals surface area contributed by atoms with Gasteiger partial charge in [-0.05, 0) is 99.2 Å². The summed E-state index contributed by atoms with van der Waals surface area (Å²) in [7, 11) is 0. The summed E-state index contributed by atoms with van der Waals surface area (Å²) in [5, 5.41) is 0. The Morgan fingerprint density at radius 3 is 1.70 bits per heavy atom. The smallest absolute Gasteiger partial charge is 0.193 e. The Bertz CT molecular complexity index is 964. The van der Waals surface area contributed by atoms with Crippen molar-refractivity contribution in [2.24, 2.45) is 5.92 Å². The van der Waals surface area contributed by atoms with E-state index >= 15 is 0 Å². The molecule has 0 spiro atoms. The minimum absolute atomic E-state index is 0.00470. The monoisotopic (exact) mass is 400 g/mol. The predicted molar refractivity (Wildman–Crippen MR) is 120 cm³/mol. The van der Waals surface area contributed by atoms with Gasteiger partial charge in [0.2, 0.25) is 0 Å². The maximum atomic E-state index is 12.8. The summed E-state index contributed by atoms with van der Waals surface area (Å²) in [5.41, 5.74) is 2.49. The highest BCUT2D eigenvalue weighted by Crippen LogP contribution is 2.28. The topological polar surface area (TPSA) is 35.5 Å². The lowest BCUT2D eigenvalue weighted by atomic mass is 9.89. The second-order valence-corrected chi connectivity index (χ2v) is 8.29. The van der Waals surface area contributed by atoms with Crippen molar-refractivity contribution in [2.45, 2.75) is 45.6 Å². The Morgan fingerprint density at radius 2 is 1.17 bits per heavy atom. The average molecular weight is 401 g/mol. The van der Waals surface area contributed by atoms with Gasteiger partial charge in [0.25, 0.3) is 0 Å². The van der Waals surface area contributed by atoms with Crippen molar-refractivity contribution in [3.63, 3.8) is 0 Å². The Morgan fingerprint density at radius 1 is 0.700 bits per heavy atom. The van der Waals surface area contributed by atoms with Crippen molar-refractivity contribution < 1.29 is 14.3 Å². The largest absolute Gasteiger partial charge is 0.490 e. The highest BCUT2D eigenvalue weighted by atomic mass is 16.5. The summed E-state index contributed by atoms with van der Waals surface area (Å²) in [6, 6.07) is 22.7. The van der Waals surface area contributed by atoms with Gasteiger partial charge in [0.05, 0.1) is 6.10 Å². The normalized spacial score (nSPS) is 18.6. The first-order valence-electron chi connectivity index (χ1n) is 10.7. The van der Waals surface area contributed by atoms with Gasteiger partial charge in [-0.3, -0.25) is 4.79 Å². The van der Waals surface area contributed by atoms with Crippen molar-refractivity contribution in [3.8, 4) is 17.2 Å². The van der Waals surface area contributed by atoms with Crippen molar-refractivity contribution in [1.29, 1.82) is 0 Å². The van der Waals surface area contributed by atoms with E-state index in [-0.39, 0.29) is 5.78 Å². The molecule has 3 aromatic carbocycles. The fourth-order valence-electron chi connectivity index (χ4n) is 3.81. The zero-order valence-corrected chi connectivity index (χ0v) is 17.6. The van der Waals surface area contributed by atoms with Crippen LogP contribution in [0.3, 0.4) is 0 Å². The summed E-state index contributed by atoms with van der Waals surface area (Å²) in [6.45, 7) is 4.34. The molecule has 0 unspecified atom stereocenters. The van der Waals surface area contributed by atoms with Crippen LogP contribution in [-0.2, 0) is 0 Å². The summed E-state index contributed by atoms with van der Waals surface area (Å²) < 4.78 is 11.9. The molecule has 0 heterocycles. The highest BCUT2D eigenvalue weighted by molar-refractivity contribution is 6.09. The van der Waals surface area contributed by atoms with E-state index < -0.39 is 0 Å². The first-order valence-corrected chi connectivity index (χ1v) is 10.7. The van der Waals surface area contributed by atoms with E-state index in [4.69, 9.17) is 9.47 Å². The maximum Gasteiger partial charge on any atom is 0.193 e. The SMILES string of the molecule is Cc1ccc(Oc2ccc(C(=O)c3ccc(OC4CCC(C)CC4)cc3)cc2)cc1. The lowest BCUT2D eigenvalue weighted by Crippen LogP contribution is -2.23. The molecule has 1 aliphatic carbocycles. The minimum Gasteiger partial charge on any atom is -0.490 e. The highest BCUT2D eigenvalue weighted by Gasteiger charge is 2.19. The van der Waals surface area contributed by atoms with Crippen LogP contribution >= 0.6 is 0 Å². The molecule has 4 rings (SSSR count). The zero-order valence-electron chi connectivity index (χ0n) is 17.6. The molecule has 154 valence electrons. The quantitative estimate of drug-likeness (QED) is 0.419. The number of hydrogen-bond donors (Lipinski definition) is 0. The summed E-state index contributed by atoms with van der Waals surface area (Å²) in [6.07, 6.45) is 4.97. The minimum atomic E-state index is -0.00470. The lowest BCUT2D eigenvalue weighted by Gasteiger charge is -2.26. The molecule has 1 aliphatic rings. The van der Waals surface area contributed by atoms with E-state index in [9.17, 15) is 4.79 Å². The van der Waals surface area contributed by atoms with Crippen LogP contribution in [0.2, 0.25) is 0 Å². The summed E-state index contributed by atoms with van der Waals surface area (Å²) in [4.78, 5) is 12.8. The maximum absolute atomic E-state index is 12.8. The molecule has 3 aromatic rings. The fraction of sp³-hybridized carbons (Fsp3) is 0.296. The first-order chi connectivity index (χ1) is 14.6. The van der Waals surface area contributed by atoms with E-state index in [1.165, 1.54) is 18.4 Å². The molecule has 0 N–H and O–H groups in total. The van der Waals surface area contributed by atoms with E-state index in [1.807, 2.05) is 67.6 Å². The summed E-state index contributed by atoms with van der Waals surface area (Å²) >= 11 is 0. The van der Waals surface area contributed by atoms with Gasteiger partial charge in [0.1, 0.15) is 17.2 Å². The third-order valence-electron chi connectivity index (χ3n) is 5.76. The standard InChI is InChI=1S/C27H28O3/c1-19-3-11-23(12-4-19)29-25-15-7-21(8-16-25)27(28)22-9-17-26(18-10-22)30-24-13-5-20(2)6-14-24/h3-4,7-12,15-18,20,24H,5-6,13-14H2,1-2H3. The van der Waals surface area contributed by atoms with E-state index in [0.29, 0.717) is 23.0 Å². The van der Waals surface area contributed by atoms with Crippen LogP contribution in [0.25, 0.3) is 0 Å². The molecular weight excluding hydrogens is 372 g/mol. The Labute approximate surface area is 178 Å². The third kappa shape index (κ3) is 5.10. The van der Waals surface area contributed by atoms with Crippen molar-refractivity contribution in [3.05, 3.63) is 89.5 Å². The van der Waals surface area contributed by atoms with Crippen LogP contribution < -0.4 is 9.47 Å². The van der Waals surface area contributed by atoms with Gasteiger partial charge in [0.15, 0.2) is 5.78 Å². The van der Waals surface area contributed by atoms with Gasteiger partial charge in [-0.25, -0.2) is 0 Å². The number of aryl methyl sites for hydroxylation is 1. The molecule has 30 heavy (non-hydrogen) atoms. The Hall–Kier alpha value is -3.07. The molecule has 3 heteroatoms. The molecule has 0 saturated heterocycles. The molecule has 0 aromatic heterocycles. The lowest BCUT2D eigenvalue weighted by molar-refractivity contribution is 0.103. The molecular formula is C27H28O3. The fourth-order valence-corrected chi connectivity index (χ4v) is 3.81. The Kier molecular flexibility index (Phi) is 6.18. The molecule has 0 atom stereocenters. The van der Waals surface area contributed by atoms with Gasteiger partial charge in [-0.15, -0.1) is 0 Å². The number of carbonyl (C=O) groups excluding carboxylic acids is 1. The van der Waals surface area contributed by atoms with Crippen molar-refractivity contribution in [2.75, 3.05) is 0 Å². The summed E-state index contributed by atoms with van der Waals surface area (Å²) in [5.74, 6) is 3.13. The van der Waals surface area contributed by atoms with E-state index in [1.54, 1.807) is 12.1 Å². The number of benzene rings is 3. The first kappa shape index (κ1) is 20.2. The van der Waals surface area contributed by atoms with Crippen molar-refractivity contribution >= 4 is 5.78 Å². The van der Waals surface area contributed by atoms with Gasteiger partial charge in [-0.2, -0.15) is 0 Å². The van der Waals surface area contributed by atoms with Gasteiger partial charge < -0.3 is 9.47 Å². The Balaban J connectivity index is 1.37. The van der Waals surface area contributed by atoms with E-state index in [0.717, 1.165) is 30.3 Å². The van der Waals surface area contributed by atoms with Crippen LogP contribution in [0, 0.1) is 12.8 Å². The molecule has 3 nitrogen and oxygen atoms in total. The molecule has 1 fully saturated rings. The van der Waals surface area contributed by atoms with Crippen LogP contribution in [-0.4, -0.2) is 11.9 Å². The molecule has 0 amide bonds. The predicted octanol–water partition coefficient (Wildman–Crippen LogP) is 6.98. The third-order valence-corrected chi connectivity index (χ3v) is 5.76. The average Bonchev–Trinajstić information content (AvgIpc) is 2.77. The number of carbonyl (C=O) groups is 1. The van der Waals surface area contributed by atoms with Crippen LogP contribution in [0.4, 0.5) is 0 Å². The van der Waals surface area contributed by atoms with Gasteiger partial charge >= 0.3 is 0 Å². The van der Waals surface area contributed by atoms with Crippen LogP contribution in [0.15, 0.2) is 72.8 Å². The van der Waals surface area contributed by atoms with Crippen LogP contribution in [0.1, 0.15) is 54.1 Å². The van der Waals surface area contributed by atoms with E-state index in [2.05, 4.69) is 6.92 Å². The number of ketones is 1. The van der Waals surface area contributed by atoms with Crippen molar-refractivity contribution in [1.82, 2.24) is 0 Å².